The largest absolute Gasteiger partial charge is 0.391 e. The number of nitrogens with one attached hydrogen (secondary N) is 4. The monoisotopic (exact) mass is 426 g/mol. The average molecular weight is 426 g/mol. The van der Waals surface area contributed by atoms with Crippen molar-refractivity contribution in [1.29, 1.82) is 0 Å². The van der Waals surface area contributed by atoms with E-state index in [2.05, 4.69) is 16.0 Å². The van der Waals surface area contributed by atoms with E-state index in [1.807, 2.05) is 24.3 Å². The van der Waals surface area contributed by atoms with E-state index in [0.29, 0.717) is 11.3 Å². The molecule has 9 nitrogen and oxygen atoms in total. The fourth-order valence-electron chi connectivity index (χ4n) is 3.40. The molecule has 1 fully saturated rings. The number of carbonyl (C=O) groups is 3. The molecule has 0 bridgehead atoms. The van der Waals surface area contributed by atoms with Gasteiger partial charge in [0.2, 0.25) is 5.91 Å². The first-order valence-corrected chi connectivity index (χ1v) is 10.1. The number of hydrogen-bond donors (Lipinski definition) is 6. The van der Waals surface area contributed by atoms with Gasteiger partial charge >= 0.3 is 0 Å². The van der Waals surface area contributed by atoms with Crippen molar-refractivity contribution in [3.63, 3.8) is 0 Å². The van der Waals surface area contributed by atoms with Crippen LogP contribution in [-0.2, 0) is 9.59 Å². The summed E-state index contributed by atoms with van der Waals surface area (Å²) in [6.07, 6.45) is 0.657. The Morgan fingerprint density at radius 3 is 2.16 bits per heavy atom. The van der Waals surface area contributed by atoms with E-state index in [1.54, 1.807) is 24.3 Å². The predicted molar refractivity (Wildman–Crippen MR) is 114 cm³/mol. The molecule has 0 saturated carbocycles. The first-order chi connectivity index (χ1) is 14.9. The Hall–Kier alpha value is -3.27. The number of amides is 3. The van der Waals surface area contributed by atoms with Gasteiger partial charge in [-0.1, -0.05) is 24.3 Å². The zero-order chi connectivity index (χ0) is 22.4. The molecule has 0 aromatic heterocycles. The molecule has 9 heteroatoms. The molecule has 1 heterocycles. The number of aliphatic hydroxyl groups excluding tert-OH is 1. The Labute approximate surface area is 179 Å². The molecular formula is C22H26N4O5. The van der Waals surface area contributed by atoms with Crippen LogP contribution < -0.4 is 21.4 Å². The van der Waals surface area contributed by atoms with Gasteiger partial charge in [0.1, 0.15) is 6.04 Å². The summed E-state index contributed by atoms with van der Waals surface area (Å²) in [5.41, 5.74) is 4.21. The van der Waals surface area contributed by atoms with Crippen LogP contribution >= 0.6 is 0 Å². The summed E-state index contributed by atoms with van der Waals surface area (Å²) < 4.78 is 0. The Balaban J connectivity index is 1.63. The maximum Gasteiger partial charge on any atom is 0.268 e. The van der Waals surface area contributed by atoms with Crippen LogP contribution in [0.2, 0.25) is 0 Å². The van der Waals surface area contributed by atoms with Crippen molar-refractivity contribution >= 4 is 23.4 Å². The number of carbonyl (C=O) groups excluding carboxylic acids is 3. The lowest BCUT2D eigenvalue weighted by Gasteiger charge is -2.19. The molecule has 0 spiro atoms. The minimum absolute atomic E-state index is 0.0361. The van der Waals surface area contributed by atoms with Crippen molar-refractivity contribution in [2.45, 2.75) is 38.0 Å². The van der Waals surface area contributed by atoms with Crippen LogP contribution in [0.3, 0.4) is 0 Å². The first-order valence-electron chi connectivity index (χ1n) is 10.1. The average Bonchev–Trinajstić information content (AvgIpc) is 3.32. The molecule has 0 radical (unpaired) electrons. The molecule has 2 aromatic rings. The molecule has 164 valence electrons. The van der Waals surface area contributed by atoms with Crippen LogP contribution in [-0.4, -0.2) is 52.8 Å². The molecule has 6 N–H and O–H groups in total. The SMILES string of the molecule is C[C@@H](O)[C@H](NC(=O)c1ccc(-c2ccc(NC(=O)[C@@H]3CCCN3)cc2)cc1)C(=O)NO. The van der Waals surface area contributed by atoms with Crippen LogP contribution in [0.25, 0.3) is 11.1 Å². The lowest BCUT2D eigenvalue weighted by molar-refractivity contribution is -0.133. The van der Waals surface area contributed by atoms with E-state index >= 15 is 0 Å². The Morgan fingerprint density at radius 2 is 1.65 bits per heavy atom. The molecule has 3 amide bonds. The molecule has 2 aromatic carbocycles. The van der Waals surface area contributed by atoms with E-state index in [4.69, 9.17) is 5.21 Å². The topological polar surface area (TPSA) is 140 Å². The van der Waals surface area contributed by atoms with Crippen LogP contribution in [0.15, 0.2) is 48.5 Å². The fourth-order valence-corrected chi connectivity index (χ4v) is 3.40. The molecule has 0 unspecified atom stereocenters. The van der Waals surface area contributed by atoms with Gasteiger partial charge < -0.3 is 21.1 Å². The second kappa shape index (κ2) is 10.2. The summed E-state index contributed by atoms with van der Waals surface area (Å²) >= 11 is 0. The highest BCUT2D eigenvalue weighted by Crippen LogP contribution is 2.22. The molecule has 0 aliphatic carbocycles. The van der Waals surface area contributed by atoms with E-state index in [9.17, 15) is 19.5 Å². The summed E-state index contributed by atoms with van der Waals surface area (Å²) in [4.78, 5) is 36.1. The summed E-state index contributed by atoms with van der Waals surface area (Å²) in [5.74, 6) is -1.50. The molecule has 3 rings (SSSR count). The first kappa shape index (κ1) is 22.4. The third-order valence-electron chi connectivity index (χ3n) is 5.17. The van der Waals surface area contributed by atoms with Gasteiger partial charge in [-0.25, -0.2) is 5.48 Å². The normalized spacial score (nSPS) is 17.5. The maximum atomic E-state index is 12.4. The highest BCUT2D eigenvalue weighted by molar-refractivity contribution is 5.98. The molecule has 1 saturated heterocycles. The quantitative estimate of drug-likeness (QED) is 0.289. The van der Waals surface area contributed by atoms with E-state index in [-0.39, 0.29) is 11.9 Å². The Kier molecular flexibility index (Phi) is 7.35. The van der Waals surface area contributed by atoms with Crippen molar-refractivity contribution in [3.8, 4) is 11.1 Å². The molecule has 31 heavy (non-hydrogen) atoms. The number of anilines is 1. The standard InChI is InChI=1S/C22H26N4O5/c1-13(27)19(22(30)26-31)25-20(28)16-6-4-14(5-7-16)15-8-10-17(11-9-15)24-21(29)18-3-2-12-23-18/h4-11,13,18-19,23,27,31H,2-3,12H2,1H3,(H,24,29)(H,25,28)(H,26,30)/t13-,18+,19+/m1/s1. The van der Waals surface area contributed by atoms with E-state index in [0.717, 1.165) is 30.5 Å². The lowest BCUT2D eigenvalue weighted by Crippen LogP contribution is -2.51. The van der Waals surface area contributed by atoms with E-state index in [1.165, 1.54) is 12.4 Å². The highest BCUT2D eigenvalue weighted by Gasteiger charge is 2.26. The van der Waals surface area contributed by atoms with Gasteiger partial charge in [-0.3, -0.25) is 19.6 Å². The fraction of sp³-hybridized carbons (Fsp3) is 0.318. The summed E-state index contributed by atoms with van der Waals surface area (Å²) in [6.45, 7) is 2.19. The van der Waals surface area contributed by atoms with Crippen molar-refractivity contribution in [1.82, 2.24) is 16.1 Å². The summed E-state index contributed by atoms with van der Waals surface area (Å²) in [5, 5.41) is 26.8. The van der Waals surface area contributed by atoms with Gasteiger partial charge in [-0.15, -0.1) is 0 Å². The number of rotatable bonds is 7. The van der Waals surface area contributed by atoms with Gasteiger partial charge in [0.25, 0.3) is 11.8 Å². The van der Waals surface area contributed by atoms with Gasteiger partial charge in [-0.05, 0) is 61.7 Å². The molecular weight excluding hydrogens is 400 g/mol. The van der Waals surface area contributed by atoms with Crippen LogP contribution in [0.1, 0.15) is 30.1 Å². The molecule has 1 aliphatic rings. The zero-order valence-electron chi connectivity index (χ0n) is 17.1. The van der Waals surface area contributed by atoms with Crippen LogP contribution in [0.4, 0.5) is 5.69 Å². The second-order valence-corrected chi connectivity index (χ2v) is 7.46. The van der Waals surface area contributed by atoms with Gasteiger partial charge in [-0.2, -0.15) is 0 Å². The minimum Gasteiger partial charge on any atom is -0.391 e. The number of benzene rings is 2. The van der Waals surface area contributed by atoms with Gasteiger partial charge in [0, 0.05) is 11.3 Å². The second-order valence-electron chi connectivity index (χ2n) is 7.46. The Bertz CT molecular complexity index is 922. The smallest absolute Gasteiger partial charge is 0.268 e. The van der Waals surface area contributed by atoms with E-state index < -0.39 is 24.0 Å². The van der Waals surface area contributed by atoms with Gasteiger partial charge in [0.15, 0.2) is 0 Å². The van der Waals surface area contributed by atoms with Crippen molar-refractivity contribution in [2.24, 2.45) is 0 Å². The predicted octanol–water partition coefficient (Wildman–Crippen LogP) is 1.03. The van der Waals surface area contributed by atoms with Crippen LogP contribution in [0.5, 0.6) is 0 Å². The summed E-state index contributed by atoms with van der Waals surface area (Å²) in [7, 11) is 0. The number of hydrogen-bond acceptors (Lipinski definition) is 6. The van der Waals surface area contributed by atoms with Gasteiger partial charge in [0.05, 0.1) is 12.1 Å². The molecule has 1 aliphatic heterocycles. The maximum absolute atomic E-state index is 12.4. The Morgan fingerprint density at radius 1 is 1.03 bits per heavy atom. The summed E-state index contributed by atoms with van der Waals surface area (Å²) in [6, 6.07) is 12.7. The van der Waals surface area contributed by atoms with Crippen LogP contribution in [0, 0.1) is 0 Å². The number of aliphatic hydroxyl groups is 1. The third kappa shape index (κ3) is 5.66. The highest BCUT2D eigenvalue weighted by atomic mass is 16.5. The lowest BCUT2D eigenvalue weighted by atomic mass is 10.0. The molecule has 3 atom stereocenters. The number of hydroxylamine groups is 1. The minimum atomic E-state index is -1.28. The van der Waals surface area contributed by atoms with Crippen molar-refractivity contribution in [3.05, 3.63) is 54.1 Å². The van der Waals surface area contributed by atoms with Crippen molar-refractivity contribution in [2.75, 3.05) is 11.9 Å². The third-order valence-corrected chi connectivity index (χ3v) is 5.17. The van der Waals surface area contributed by atoms with Crippen molar-refractivity contribution < 1.29 is 24.7 Å². The zero-order valence-corrected chi connectivity index (χ0v) is 17.1.